The number of anilines is 1. The van der Waals surface area contributed by atoms with Crippen LogP contribution >= 0.6 is 27.3 Å². The summed E-state index contributed by atoms with van der Waals surface area (Å²) >= 11 is 4.27. The van der Waals surface area contributed by atoms with Crippen LogP contribution in [0, 0.1) is 4.91 Å². The molecule has 0 spiro atoms. The minimum absolute atomic E-state index is 0.386. The van der Waals surface area contributed by atoms with Crippen molar-refractivity contribution in [3.8, 4) is 0 Å². The second kappa shape index (κ2) is 2.83. The fourth-order valence-corrected chi connectivity index (χ4v) is 1.23. The van der Waals surface area contributed by atoms with Crippen molar-refractivity contribution >= 4 is 32.4 Å². The minimum Gasteiger partial charge on any atom is -0.214 e. The number of nitroso groups, excluding NO2 is 1. The highest BCUT2D eigenvalue weighted by Crippen LogP contribution is 2.19. The summed E-state index contributed by atoms with van der Waals surface area (Å²) in [7, 11) is 0. The molecule has 1 aromatic heterocycles. The SMILES string of the molecule is O=NNc1nnc(Br)s1. The van der Waals surface area contributed by atoms with Gasteiger partial charge in [0, 0.05) is 0 Å². The van der Waals surface area contributed by atoms with E-state index in [0.717, 1.165) is 0 Å². The fraction of sp³-hybridized carbons (Fsp3) is 0. The number of rotatable bonds is 2. The zero-order valence-corrected chi connectivity index (χ0v) is 6.44. The molecule has 7 heteroatoms. The van der Waals surface area contributed by atoms with Crippen LogP contribution < -0.4 is 5.43 Å². The number of hydrogen-bond acceptors (Lipinski definition) is 5. The van der Waals surface area contributed by atoms with Gasteiger partial charge in [0.05, 0.1) is 5.29 Å². The van der Waals surface area contributed by atoms with E-state index in [9.17, 15) is 4.91 Å². The molecule has 9 heavy (non-hydrogen) atoms. The lowest BCUT2D eigenvalue weighted by Gasteiger charge is -1.79. The zero-order valence-electron chi connectivity index (χ0n) is 4.04. The lowest BCUT2D eigenvalue weighted by molar-refractivity contribution is 1.06. The third kappa shape index (κ3) is 1.68. The molecule has 48 valence electrons. The molecule has 0 bridgehead atoms. The van der Waals surface area contributed by atoms with Gasteiger partial charge in [0.15, 0.2) is 3.92 Å². The van der Waals surface area contributed by atoms with Crippen LogP contribution in [0.5, 0.6) is 0 Å². The second-order valence-corrected chi connectivity index (χ2v) is 3.32. The van der Waals surface area contributed by atoms with E-state index in [1.807, 2.05) is 0 Å². The first-order valence-electron chi connectivity index (χ1n) is 1.90. The molecule has 0 aromatic carbocycles. The molecule has 0 saturated carbocycles. The van der Waals surface area contributed by atoms with E-state index < -0.39 is 0 Å². The van der Waals surface area contributed by atoms with Crippen molar-refractivity contribution < 1.29 is 0 Å². The molecule has 1 heterocycles. The summed E-state index contributed by atoms with van der Waals surface area (Å²) in [5, 5.41) is 9.87. The van der Waals surface area contributed by atoms with Crippen molar-refractivity contribution in [1.82, 2.24) is 10.2 Å². The van der Waals surface area contributed by atoms with E-state index in [0.29, 0.717) is 9.05 Å². The van der Waals surface area contributed by atoms with Crippen LogP contribution in [0.25, 0.3) is 0 Å². The molecular formula is C2HBrN4OS. The first kappa shape index (κ1) is 6.56. The average molecular weight is 209 g/mol. The van der Waals surface area contributed by atoms with Crippen molar-refractivity contribution in [2.45, 2.75) is 0 Å². The Morgan fingerprint density at radius 2 is 2.44 bits per heavy atom. The van der Waals surface area contributed by atoms with Crippen LogP contribution in [0.1, 0.15) is 0 Å². The summed E-state index contributed by atoms with van der Waals surface area (Å²) < 4.78 is 0.619. The molecule has 0 saturated heterocycles. The second-order valence-electron chi connectivity index (χ2n) is 1.06. The largest absolute Gasteiger partial charge is 0.229 e. The zero-order chi connectivity index (χ0) is 6.69. The van der Waals surface area contributed by atoms with Crippen LogP contribution in [0.4, 0.5) is 5.13 Å². The van der Waals surface area contributed by atoms with Gasteiger partial charge in [-0.1, -0.05) is 11.3 Å². The molecule has 0 aliphatic rings. The van der Waals surface area contributed by atoms with Gasteiger partial charge in [-0.3, -0.25) is 0 Å². The molecule has 0 radical (unpaired) electrons. The van der Waals surface area contributed by atoms with E-state index in [2.05, 4.69) is 36.8 Å². The topological polar surface area (TPSA) is 67.2 Å². The van der Waals surface area contributed by atoms with Crippen molar-refractivity contribution in [1.29, 1.82) is 0 Å². The van der Waals surface area contributed by atoms with Gasteiger partial charge in [0.2, 0.25) is 5.13 Å². The highest BCUT2D eigenvalue weighted by molar-refractivity contribution is 9.11. The summed E-state index contributed by atoms with van der Waals surface area (Å²) in [6.45, 7) is 0. The maximum atomic E-state index is 9.55. The van der Waals surface area contributed by atoms with Crippen LogP contribution in [0.3, 0.4) is 0 Å². The average Bonchev–Trinajstić information content (AvgIpc) is 2.17. The van der Waals surface area contributed by atoms with Crippen LogP contribution in [-0.2, 0) is 0 Å². The van der Waals surface area contributed by atoms with E-state index >= 15 is 0 Å². The Bertz CT molecular complexity index is 212. The summed E-state index contributed by atoms with van der Waals surface area (Å²) in [6.07, 6.45) is 0. The normalized spacial score (nSPS) is 9.00. The Hall–Kier alpha value is -0.560. The van der Waals surface area contributed by atoms with Gasteiger partial charge in [-0.15, -0.1) is 15.1 Å². The number of aromatic nitrogens is 2. The van der Waals surface area contributed by atoms with Crippen LogP contribution in [0.2, 0.25) is 0 Å². The van der Waals surface area contributed by atoms with Crippen molar-refractivity contribution in [3.05, 3.63) is 8.82 Å². The van der Waals surface area contributed by atoms with Gasteiger partial charge in [0.1, 0.15) is 0 Å². The predicted molar refractivity (Wildman–Crippen MR) is 37.0 cm³/mol. The third-order valence-electron chi connectivity index (χ3n) is 0.542. The molecule has 0 aliphatic heterocycles. The molecule has 0 aliphatic carbocycles. The van der Waals surface area contributed by atoms with Gasteiger partial charge in [-0.25, -0.2) is 5.43 Å². The Morgan fingerprint density at radius 1 is 1.67 bits per heavy atom. The molecule has 1 N–H and O–H groups in total. The first-order chi connectivity index (χ1) is 4.33. The molecule has 0 fully saturated rings. The van der Waals surface area contributed by atoms with E-state index in [1.165, 1.54) is 11.3 Å². The Balaban J connectivity index is 2.72. The maximum Gasteiger partial charge on any atom is 0.229 e. The quantitative estimate of drug-likeness (QED) is 0.590. The maximum absolute atomic E-state index is 9.55. The van der Waals surface area contributed by atoms with Crippen molar-refractivity contribution in [2.24, 2.45) is 5.29 Å². The Kier molecular flexibility index (Phi) is 2.06. The molecular weight excluding hydrogens is 208 g/mol. The highest BCUT2D eigenvalue weighted by atomic mass is 79.9. The molecule has 0 unspecified atom stereocenters. The number of halogens is 1. The fourth-order valence-electron chi connectivity index (χ4n) is 0.290. The van der Waals surface area contributed by atoms with Crippen LogP contribution in [-0.4, -0.2) is 10.2 Å². The standard InChI is InChI=1S/C2HBrN4OS/c3-1-4-5-2(9-1)6-7-8/h(H,5,6,8). The van der Waals surface area contributed by atoms with Crippen molar-refractivity contribution in [2.75, 3.05) is 5.43 Å². The minimum atomic E-state index is 0.386. The lowest BCUT2D eigenvalue weighted by Crippen LogP contribution is -1.82. The number of nitrogens with one attached hydrogen (secondary N) is 1. The predicted octanol–water partition coefficient (Wildman–Crippen LogP) is 1.39. The third-order valence-corrected chi connectivity index (χ3v) is 1.80. The summed E-state index contributed by atoms with van der Waals surface area (Å²) in [6, 6.07) is 0. The molecule has 1 rings (SSSR count). The van der Waals surface area contributed by atoms with Gasteiger partial charge >= 0.3 is 0 Å². The summed E-state index contributed by atoms with van der Waals surface area (Å²) in [4.78, 5) is 9.55. The molecule has 5 nitrogen and oxygen atoms in total. The molecule has 1 aromatic rings. The highest BCUT2D eigenvalue weighted by Gasteiger charge is 1.97. The Labute approximate surface area is 62.6 Å². The van der Waals surface area contributed by atoms with E-state index in [1.54, 1.807) is 0 Å². The van der Waals surface area contributed by atoms with Gasteiger partial charge in [-0.05, 0) is 15.9 Å². The summed E-state index contributed by atoms with van der Waals surface area (Å²) in [5.74, 6) is 0. The van der Waals surface area contributed by atoms with Gasteiger partial charge in [0.25, 0.3) is 0 Å². The molecule has 0 amide bonds. The van der Waals surface area contributed by atoms with E-state index in [4.69, 9.17) is 0 Å². The number of nitrogens with zero attached hydrogens (tertiary/aromatic N) is 3. The number of hydrogen-bond donors (Lipinski definition) is 1. The monoisotopic (exact) mass is 208 g/mol. The summed E-state index contributed by atoms with van der Waals surface area (Å²) in [5.41, 5.74) is 2.11. The van der Waals surface area contributed by atoms with Gasteiger partial charge < -0.3 is 0 Å². The molecule has 0 atom stereocenters. The lowest BCUT2D eigenvalue weighted by atomic mass is 11.3. The first-order valence-corrected chi connectivity index (χ1v) is 3.51. The van der Waals surface area contributed by atoms with Crippen LogP contribution in [0.15, 0.2) is 9.20 Å². The van der Waals surface area contributed by atoms with Crippen molar-refractivity contribution in [3.63, 3.8) is 0 Å². The van der Waals surface area contributed by atoms with Gasteiger partial charge in [-0.2, -0.15) is 0 Å². The Morgan fingerprint density at radius 3 is 2.89 bits per heavy atom. The van der Waals surface area contributed by atoms with E-state index in [-0.39, 0.29) is 0 Å². The smallest absolute Gasteiger partial charge is 0.214 e.